The van der Waals surface area contributed by atoms with Gasteiger partial charge in [0.25, 0.3) is 0 Å². The van der Waals surface area contributed by atoms with Crippen molar-refractivity contribution < 1.29 is 9.90 Å². The van der Waals surface area contributed by atoms with E-state index in [-0.39, 0.29) is 6.54 Å². The summed E-state index contributed by atoms with van der Waals surface area (Å²) in [5, 5.41) is 9.90. The third-order valence-corrected chi connectivity index (χ3v) is 3.96. The molecule has 1 N–H and O–H groups in total. The maximum atomic E-state index is 11.1. The molecule has 1 aromatic heterocycles. The molecule has 0 bridgehead atoms. The number of benzene rings is 2. The number of aromatic nitrogens is 2. The molecule has 0 aliphatic rings. The predicted molar refractivity (Wildman–Crippen MR) is 82.8 cm³/mol. The summed E-state index contributed by atoms with van der Waals surface area (Å²) in [6.45, 7) is -0.196. The Morgan fingerprint density at radius 3 is 2.67 bits per heavy atom. The molecule has 0 fully saturated rings. The van der Waals surface area contributed by atoms with Crippen molar-refractivity contribution in [2.45, 2.75) is 6.54 Å². The number of hydrogen-bond donors (Lipinski definition) is 1. The number of carboxylic acid groups (broad SMARTS) is 1. The van der Waals surface area contributed by atoms with Gasteiger partial charge in [-0.1, -0.05) is 41.4 Å². The molecule has 0 amide bonds. The molecule has 2 aromatic carbocycles. The van der Waals surface area contributed by atoms with Gasteiger partial charge >= 0.3 is 5.97 Å². The first-order valence-electron chi connectivity index (χ1n) is 6.19. The summed E-state index contributed by atoms with van der Waals surface area (Å²) in [6, 6.07) is 12.6. The Kier molecular flexibility index (Phi) is 3.57. The standard InChI is InChI=1S/C15H10Cl2N2O2/c16-10-5-3-4-9(14(10)17)15-18-11-6-1-2-7-12(11)19(15)8-13(20)21/h1-7H,8H2,(H,20,21). The lowest BCUT2D eigenvalue weighted by atomic mass is 10.2. The predicted octanol–water partition coefficient (Wildman–Crippen LogP) is 4.09. The summed E-state index contributed by atoms with van der Waals surface area (Å²) in [4.78, 5) is 15.6. The summed E-state index contributed by atoms with van der Waals surface area (Å²) in [6.07, 6.45) is 0. The van der Waals surface area contributed by atoms with Crippen molar-refractivity contribution in [3.8, 4) is 11.4 Å². The number of carbonyl (C=O) groups is 1. The number of fused-ring (bicyclic) bond motifs is 1. The first kappa shape index (κ1) is 13.9. The minimum absolute atomic E-state index is 0.196. The van der Waals surface area contributed by atoms with Crippen LogP contribution in [0.2, 0.25) is 10.0 Å². The Hall–Kier alpha value is -2.04. The molecule has 21 heavy (non-hydrogen) atoms. The second-order valence-electron chi connectivity index (χ2n) is 4.51. The molecular weight excluding hydrogens is 311 g/mol. The van der Waals surface area contributed by atoms with Crippen LogP contribution in [0.3, 0.4) is 0 Å². The van der Waals surface area contributed by atoms with Gasteiger partial charge in [-0.3, -0.25) is 4.79 Å². The number of carboxylic acids is 1. The third kappa shape index (κ3) is 2.48. The minimum atomic E-state index is -0.947. The van der Waals surface area contributed by atoms with E-state index >= 15 is 0 Å². The van der Waals surface area contributed by atoms with Crippen molar-refractivity contribution in [3.05, 3.63) is 52.5 Å². The van der Waals surface area contributed by atoms with Crippen LogP contribution >= 0.6 is 23.2 Å². The van der Waals surface area contributed by atoms with Crippen LogP contribution in [0.1, 0.15) is 0 Å². The Morgan fingerprint density at radius 2 is 1.90 bits per heavy atom. The molecule has 3 rings (SSSR count). The van der Waals surface area contributed by atoms with Gasteiger partial charge in [-0.15, -0.1) is 0 Å². The van der Waals surface area contributed by atoms with E-state index in [1.54, 1.807) is 22.8 Å². The Bertz CT molecular complexity index is 843. The molecule has 0 unspecified atom stereocenters. The van der Waals surface area contributed by atoms with E-state index in [0.29, 0.717) is 26.9 Å². The number of halogens is 2. The van der Waals surface area contributed by atoms with Gasteiger partial charge in [-0.05, 0) is 24.3 Å². The number of para-hydroxylation sites is 2. The Morgan fingerprint density at radius 1 is 1.14 bits per heavy atom. The second-order valence-corrected chi connectivity index (χ2v) is 5.29. The third-order valence-electron chi connectivity index (χ3n) is 3.14. The fourth-order valence-electron chi connectivity index (χ4n) is 2.25. The monoisotopic (exact) mass is 320 g/mol. The van der Waals surface area contributed by atoms with Gasteiger partial charge in [0.15, 0.2) is 0 Å². The van der Waals surface area contributed by atoms with Crippen molar-refractivity contribution in [1.29, 1.82) is 0 Å². The summed E-state index contributed by atoms with van der Waals surface area (Å²) in [5.41, 5.74) is 2.07. The average molecular weight is 321 g/mol. The fraction of sp³-hybridized carbons (Fsp3) is 0.0667. The normalized spacial score (nSPS) is 11.0. The molecule has 0 saturated heterocycles. The molecular formula is C15H10Cl2N2O2. The van der Waals surface area contributed by atoms with Crippen LogP contribution in [0.25, 0.3) is 22.4 Å². The Balaban J connectivity index is 2.31. The van der Waals surface area contributed by atoms with Crippen LogP contribution in [-0.4, -0.2) is 20.6 Å². The molecule has 0 radical (unpaired) electrons. The topological polar surface area (TPSA) is 55.1 Å². The molecule has 106 valence electrons. The van der Waals surface area contributed by atoms with Gasteiger partial charge in [0.1, 0.15) is 12.4 Å². The average Bonchev–Trinajstić information content (AvgIpc) is 2.80. The number of imidazole rings is 1. The summed E-state index contributed by atoms with van der Waals surface area (Å²) < 4.78 is 1.62. The quantitative estimate of drug-likeness (QED) is 0.790. The lowest BCUT2D eigenvalue weighted by Gasteiger charge is -2.08. The van der Waals surface area contributed by atoms with Crippen LogP contribution in [0.5, 0.6) is 0 Å². The van der Waals surface area contributed by atoms with Crippen molar-refractivity contribution in [2.75, 3.05) is 0 Å². The van der Waals surface area contributed by atoms with E-state index in [1.165, 1.54) is 0 Å². The van der Waals surface area contributed by atoms with Crippen molar-refractivity contribution in [1.82, 2.24) is 9.55 Å². The molecule has 0 saturated carbocycles. The highest BCUT2D eigenvalue weighted by Crippen LogP contribution is 2.34. The van der Waals surface area contributed by atoms with Gasteiger partial charge in [-0.25, -0.2) is 4.98 Å². The van der Waals surface area contributed by atoms with Crippen molar-refractivity contribution in [3.63, 3.8) is 0 Å². The Labute approximate surface area is 130 Å². The van der Waals surface area contributed by atoms with E-state index in [2.05, 4.69) is 4.98 Å². The van der Waals surface area contributed by atoms with Crippen LogP contribution in [-0.2, 0) is 11.3 Å². The van der Waals surface area contributed by atoms with E-state index in [0.717, 1.165) is 5.52 Å². The van der Waals surface area contributed by atoms with Crippen LogP contribution in [0.15, 0.2) is 42.5 Å². The smallest absolute Gasteiger partial charge is 0.323 e. The first-order chi connectivity index (χ1) is 10.1. The molecule has 0 atom stereocenters. The highest BCUT2D eigenvalue weighted by molar-refractivity contribution is 6.43. The van der Waals surface area contributed by atoms with Gasteiger partial charge in [0.2, 0.25) is 0 Å². The van der Waals surface area contributed by atoms with E-state index < -0.39 is 5.97 Å². The molecule has 3 aromatic rings. The maximum Gasteiger partial charge on any atom is 0.323 e. The summed E-state index contributed by atoms with van der Waals surface area (Å²) in [5.74, 6) is -0.455. The fourth-order valence-corrected chi connectivity index (χ4v) is 2.64. The van der Waals surface area contributed by atoms with Gasteiger partial charge < -0.3 is 9.67 Å². The van der Waals surface area contributed by atoms with Crippen LogP contribution in [0, 0.1) is 0 Å². The zero-order chi connectivity index (χ0) is 15.0. The van der Waals surface area contributed by atoms with E-state index in [9.17, 15) is 4.79 Å². The van der Waals surface area contributed by atoms with E-state index in [1.807, 2.05) is 24.3 Å². The van der Waals surface area contributed by atoms with Gasteiger partial charge in [0, 0.05) is 5.56 Å². The molecule has 4 nitrogen and oxygen atoms in total. The van der Waals surface area contributed by atoms with Crippen LogP contribution in [0.4, 0.5) is 0 Å². The van der Waals surface area contributed by atoms with Crippen molar-refractivity contribution >= 4 is 40.2 Å². The maximum absolute atomic E-state index is 11.1. The first-order valence-corrected chi connectivity index (χ1v) is 6.95. The van der Waals surface area contributed by atoms with Gasteiger partial charge in [0.05, 0.1) is 21.1 Å². The minimum Gasteiger partial charge on any atom is -0.480 e. The zero-order valence-corrected chi connectivity index (χ0v) is 12.3. The van der Waals surface area contributed by atoms with E-state index in [4.69, 9.17) is 28.3 Å². The zero-order valence-electron chi connectivity index (χ0n) is 10.8. The number of nitrogens with zero attached hydrogens (tertiary/aromatic N) is 2. The second kappa shape index (κ2) is 5.39. The lowest BCUT2D eigenvalue weighted by Crippen LogP contribution is -2.10. The SMILES string of the molecule is O=C(O)Cn1c(-c2cccc(Cl)c2Cl)nc2ccccc21. The lowest BCUT2D eigenvalue weighted by molar-refractivity contribution is -0.137. The summed E-state index contributed by atoms with van der Waals surface area (Å²) >= 11 is 12.3. The van der Waals surface area contributed by atoms with Gasteiger partial charge in [-0.2, -0.15) is 0 Å². The molecule has 6 heteroatoms. The number of aliphatic carboxylic acids is 1. The highest BCUT2D eigenvalue weighted by Gasteiger charge is 2.17. The number of hydrogen-bond acceptors (Lipinski definition) is 2. The molecule has 0 aliphatic carbocycles. The largest absolute Gasteiger partial charge is 0.480 e. The molecule has 1 heterocycles. The molecule has 0 aliphatic heterocycles. The highest BCUT2D eigenvalue weighted by atomic mass is 35.5. The number of rotatable bonds is 3. The molecule has 0 spiro atoms. The van der Waals surface area contributed by atoms with Crippen molar-refractivity contribution in [2.24, 2.45) is 0 Å². The summed E-state index contributed by atoms with van der Waals surface area (Å²) in [7, 11) is 0. The van der Waals surface area contributed by atoms with Crippen LogP contribution < -0.4 is 0 Å².